The first-order valence-electron chi connectivity index (χ1n) is 5.80. The Bertz CT molecular complexity index is 691. The minimum Gasteiger partial charge on any atom is -0.311 e. The van der Waals surface area contributed by atoms with Gasteiger partial charge in [-0.25, -0.2) is 9.37 Å². The number of nitrogens with zero attached hydrogens (tertiary/aromatic N) is 2. The summed E-state index contributed by atoms with van der Waals surface area (Å²) in [5.41, 5.74) is -1.54. The third-order valence-electron chi connectivity index (χ3n) is 3.56. The molecule has 8 heteroatoms. The molecular weight excluding hydrogens is 363 g/mol. The quantitative estimate of drug-likeness (QED) is 0.551. The molecule has 0 atom stereocenters. The van der Waals surface area contributed by atoms with Crippen LogP contribution in [0.5, 0.6) is 0 Å². The summed E-state index contributed by atoms with van der Waals surface area (Å²) in [5, 5.41) is 0. The van der Waals surface area contributed by atoms with E-state index in [0.717, 1.165) is 10.6 Å². The number of benzene rings is 1. The van der Waals surface area contributed by atoms with Crippen LogP contribution in [0.1, 0.15) is 18.7 Å². The van der Waals surface area contributed by atoms with Gasteiger partial charge in [-0.3, -0.25) is 0 Å². The van der Waals surface area contributed by atoms with Gasteiger partial charge >= 0.3 is 6.18 Å². The van der Waals surface area contributed by atoms with Crippen LogP contribution < -0.4 is 0 Å². The Balaban J connectivity index is 2.32. The summed E-state index contributed by atoms with van der Waals surface area (Å²) >= 11 is 8.70. The second-order valence-electron chi connectivity index (χ2n) is 4.78. The van der Waals surface area contributed by atoms with E-state index in [1.165, 1.54) is 6.07 Å². The number of rotatable bonds is 2. The van der Waals surface area contributed by atoms with Crippen LogP contribution >= 0.6 is 27.5 Å². The van der Waals surface area contributed by atoms with E-state index in [1.807, 2.05) is 0 Å². The standard InChI is InChI=1S/C12H8BrClF4N2/c13-6-3-9-8(4-7(6)15)19-10(5-14)20(9)11(1-2-11)12(16,17)18/h3-4H,1-2,5H2. The second-order valence-corrected chi connectivity index (χ2v) is 5.90. The molecule has 0 bridgehead atoms. The van der Waals surface area contributed by atoms with E-state index >= 15 is 0 Å². The number of imidazole rings is 1. The highest BCUT2D eigenvalue weighted by atomic mass is 79.9. The summed E-state index contributed by atoms with van der Waals surface area (Å²) in [6.45, 7) is 0. The Hall–Kier alpha value is -0.820. The first-order valence-corrected chi connectivity index (χ1v) is 7.12. The van der Waals surface area contributed by atoms with E-state index in [1.54, 1.807) is 0 Å². The highest BCUT2D eigenvalue weighted by Crippen LogP contribution is 2.57. The molecule has 1 heterocycles. The Morgan fingerprint density at radius 1 is 1.35 bits per heavy atom. The van der Waals surface area contributed by atoms with Crippen molar-refractivity contribution in [3.63, 3.8) is 0 Å². The van der Waals surface area contributed by atoms with Gasteiger partial charge in [0.15, 0.2) is 0 Å². The van der Waals surface area contributed by atoms with Crippen LogP contribution in [-0.4, -0.2) is 15.7 Å². The average molecular weight is 372 g/mol. The monoisotopic (exact) mass is 370 g/mol. The molecule has 0 aliphatic heterocycles. The van der Waals surface area contributed by atoms with Crippen LogP contribution in [0.25, 0.3) is 11.0 Å². The van der Waals surface area contributed by atoms with E-state index < -0.39 is 17.5 Å². The summed E-state index contributed by atoms with van der Waals surface area (Å²) in [7, 11) is 0. The van der Waals surface area contributed by atoms with Crippen molar-refractivity contribution in [1.29, 1.82) is 0 Å². The van der Waals surface area contributed by atoms with Crippen LogP contribution in [0.4, 0.5) is 17.6 Å². The van der Waals surface area contributed by atoms with Crippen molar-refractivity contribution in [2.75, 3.05) is 0 Å². The lowest BCUT2D eigenvalue weighted by Crippen LogP contribution is -2.35. The lowest BCUT2D eigenvalue weighted by Gasteiger charge is -2.23. The third kappa shape index (κ3) is 1.86. The molecule has 1 aromatic heterocycles. The normalized spacial score (nSPS) is 17.7. The summed E-state index contributed by atoms with van der Waals surface area (Å²) < 4.78 is 54.6. The molecule has 0 unspecified atom stereocenters. The van der Waals surface area contributed by atoms with Gasteiger partial charge in [-0.15, -0.1) is 11.6 Å². The van der Waals surface area contributed by atoms with E-state index in [9.17, 15) is 17.6 Å². The summed E-state index contributed by atoms with van der Waals surface area (Å²) in [5.74, 6) is -0.625. The Kier molecular flexibility index (Phi) is 3.06. The minimum atomic E-state index is -4.39. The number of hydrogen-bond donors (Lipinski definition) is 0. The van der Waals surface area contributed by atoms with Gasteiger partial charge < -0.3 is 4.57 Å². The third-order valence-corrected chi connectivity index (χ3v) is 4.41. The minimum absolute atomic E-state index is 0.0131. The van der Waals surface area contributed by atoms with Gasteiger partial charge in [-0.2, -0.15) is 13.2 Å². The fraction of sp³-hybridized carbons (Fsp3) is 0.417. The Morgan fingerprint density at radius 2 is 2.00 bits per heavy atom. The number of halogens is 6. The number of alkyl halides is 4. The molecule has 1 fully saturated rings. The second kappa shape index (κ2) is 4.34. The fourth-order valence-electron chi connectivity index (χ4n) is 2.44. The molecule has 1 aliphatic carbocycles. The summed E-state index contributed by atoms with van der Waals surface area (Å²) in [6, 6.07) is 2.43. The molecule has 0 radical (unpaired) electrons. The lowest BCUT2D eigenvalue weighted by molar-refractivity contribution is -0.179. The predicted octanol–water partition coefficient (Wildman–Crippen LogP) is 4.73. The highest BCUT2D eigenvalue weighted by Gasteiger charge is 2.65. The molecule has 1 aromatic carbocycles. The van der Waals surface area contributed by atoms with Crippen LogP contribution in [0.15, 0.2) is 16.6 Å². The van der Waals surface area contributed by atoms with Gasteiger partial charge in [0, 0.05) is 6.07 Å². The van der Waals surface area contributed by atoms with E-state index in [4.69, 9.17) is 11.6 Å². The fourth-order valence-corrected chi connectivity index (χ4v) is 2.95. The van der Waals surface area contributed by atoms with Crippen LogP contribution in [-0.2, 0) is 11.4 Å². The van der Waals surface area contributed by atoms with Gasteiger partial charge in [-0.1, -0.05) is 0 Å². The molecule has 0 saturated heterocycles. The molecule has 3 rings (SSSR count). The summed E-state index contributed by atoms with van der Waals surface area (Å²) in [4.78, 5) is 4.02. The Morgan fingerprint density at radius 3 is 2.50 bits per heavy atom. The first kappa shape index (κ1) is 14.1. The van der Waals surface area contributed by atoms with E-state index in [2.05, 4.69) is 20.9 Å². The lowest BCUT2D eigenvalue weighted by atomic mass is 10.2. The molecule has 0 N–H and O–H groups in total. The zero-order valence-corrected chi connectivity index (χ0v) is 12.3. The predicted molar refractivity (Wildman–Crippen MR) is 70.2 cm³/mol. The van der Waals surface area contributed by atoms with Gasteiger partial charge in [0.2, 0.25) is 0 Å². The van der Waals surface area contributed by atoms with Gasteiger partial charge in [0.1, 0.15) is 17.2 Å². The van der Waals surface area contributed by atoms with E-state index in [0.29, 0.717) is 0 Å². The maximum atomic E-state index is 13.5. The van der Waals surface area contributed by atoms with Crippen molar-refractivity contribution >= 4 is 38.6 Å². The summed E-state index contributed by atoms with van der Waals surface area (Å²) in [6.07, 6.45) is -4.41. The Labute approximate surface area is 124 Å². The van der Waals surface area contributed by atoms with Crippen LogP contribution in [0.2, 0.25) is 0 Å². The SMILES string of the molecule is Fc1cc2nc(CCl)n(C3(C(F)(F)F)CC3)c2cc1Br. The highest BCUT2D eigenvalue weighted by molar-refractivity contribution is 9.10. The van der Waals surface area contributed by atoms with Crippen molar-refractivity contribution in [1.82, 2.24) is 9.55 Å². The molecular formula is C12H8BrClF4N2. The number of fused-ring (bicyclic) bond motifs is 1. The maximum Gasteiger partial charge on any atom is 0.412 e. The van der Waals surface area contributed by atoms with Crippen molar-refractivity contribution in [2.45, 2.75) is 30.4 Å². The largest absolute Gasteiger partial charge is 0.412 e. The van der Waals surface area contributed by atoms with Crippen LogP contribution in [0.3, 0.4) is 0 Å². The van der Waals surface area contributed by atoms with Crippen molar-refractivity contribution < 1.29 is 17.6 Å². The molecule has 2 aromatic rings. The number of hydrogen-bond acceptors (Lipinski definition) is 1. The van der Waals surface area contributed by atoms with Gasteiger partial charge in [0.25, 0.3) is 0 Å². The molecule has 2 nitrogen and oxygen atoms in total. The van der Waals surface area contributed by atoms with Crippen molar-refractivity contribution in [3.8, 4) is 0 Å². The molecule has 1 saturated carbocycles. The maximum absolute atomic E-state index is 13.5. The van der Waals surface area contributed by atoms with Gasteiger partial charge in [0.05, 0.1) is 21.4 Å². The van der Waals surface area contributed by atoms with Gasteiger partial charge in [-0.05, 0) is 34.8 Å². The van der Waals surface area contributed by atoms with Crippen molar-refractivity contribution in [2.24, 2.45) is 0 Å². The molecule has 0 amide bonds. The molecule has 20 heavy (non-hydrogen) atoms. The van der Waals surface area contributed by atoms with E-state index in [-0.39, 0.29) is 40.1 Å². The first-order chi connectivity index (χ1) is 9.30. The molecule has 1 aliphatic rings. The topological polar surface area (TPSA) is 17.8 Å². The average Bonchev–Trinajstić information content (AvgIpc) is 3.09. The number of aromatic nitrogens is 2. The molecule has 108 valence electrons. The zero-order valence-electron chi connectivity index (χ0n) is 9.94. The zero-order chi connectivity index (χ0) is 14.7. The molecule has 0 spiro atoms. The smallest absolute Gasteiger partial charge is 0.311 e. The van der Waals surface area contributed by atoms with Crippen molar-refractivity contribution in [3.05, 3.63) is 28.2 Å². The van der Waals surface area contributed by atoms with Crippen LogP contribution in [0, 0.1) is 5.82 Å².